The van der Waals surface area contributed by atoms with Crippen LogP contribution >= 0.6 is 11.3 Å². The predicted molar refractivity (Wildman–Crippen MR) is 54.7 cm³/mol. The van der Waals surface area contributed by atoms with E-state index in [1.54, 1.807) is 17.5 Å². The fraction of sp³-hybridized carbons (Fsp3) is 0.625. The molecule has 0 bridgehead atoms. The molecular weight excluding hydrogens is 184 g/mol. The van der Waals surface area contributed by atoms with Crippen LogP contribution in [0.5, 0.6) is 0 Å². The first-order valence-corrected chi connectivity index (χ1v) is 5.29. The maximum absolute atomic E-state index is 5.61. The summed E-state index contributed by atoms with van der Waals surface area (Å²) in [4.78, 5) is 6.64. The van der Waals surface area contributed by atoms with E-state index >= 15 is 0 Å². The minimum atomic E-state index is 0.810. The van der Waals surface area contributed by atoms with Crippen LogP contribution in [0.1, 0.15) is 5.01 Å². The summed E-state index contributed by atoms with van der Waals surface area (Å²) in [5.41, 5.74) is 5.61. The number of nitrogen functional groups attached to an aromatic ring is 1. The lowest BCUT2D eigenvalue weighted by Crippen LogP contribution is -2.42. The van der Waals surface area contributed by atoms with Gasteiger partial charge in [-0.15, -0.1) is 11.3 Å². The SMILES string of the molecule is Nc1cnc(CN2CCNCC2)s1. The largest absolute Gasteiger partial charge is 0.389 e. The molecule has 4 nitrogen and oxygen atoms in total. The van der Waals surface area contributed by atoms with Gasteiger partial charge < -0.3 is 11.1 Å². The highest BCUT2D eigenvalue weighted by molar-refractivity contribution is 7.15. The van der Waals surface area contributed by atoms with Gasteiger partial charge in [0.15, 0.2) is 0 Å². The summed E-state index contributed by atoms with van der Waals surface area (Å²) in [5.74, 6) is 0. The molecule has 0 unspecified atom stereocenters. The zero-order valence-corrected chi connectivity index (χ0v) is 8.31. The maximum atomic E-state index is 5.61. The fourth-order valence-corrected chi connectivity index (χ4v) is 2.19. The van der Waals surface area contributed by atoms with Gasteiger partial charge in [0.25, 0.3) is 0 Å². The van der Waals surface area contributed by atoms with Gasteiger partial charge in [0.1, 0.15) is 10.0 Å². The van der Waals surface area contributed by atoms with E-state index in [2.05, 4.69) is 15.2 Å². The van der Waals surface area contributed by atoms with Crippen molar-refractivity contribution >= 4 is 16.3 Å². The number of aromatic nitrogens is 1. The lowest BCUT2D eigenvalue weighted by Gasteiger charge is -2.25. The van der Waals surface area contributed by atoms with Crippen LogP contribution in [0.4, 0.5) is 5.00 Å². The third-order valence-electron chi connectivity index (χ3n) is 2.14. The van der Waals surface area contributed by atoms with E-state index in [0.717, 1.165) is 42.7 Å². The van der Waals surface area contributed by atoms with Gasteiger partial charge in [-0.1, -0.05) is 0 Å². The van der Waals surface area contributed by atoms with Gasteiger partial charge in [-0.3, -0.25) is 4.90 Å². The summed E-state index contributed by atoms with van der Waals surface area (Å²) in [6, 6.07) is 0. The van der Waals surface area contributed by atoms with Crippen LogP contribution < -0.4 is 11.1 Å². The molecule has 0 atom stereocenters. The summed E-state index contributed by atoms with van der Waals surface area (Å²) in [5, 5.41) is 5.26. The smallest absolute Gasteiger partial charge is 0.109 e. The van der Waals surface area contributed by atoms with Crippen molar-refractivity contribution in [3.8, 4) is 0 Å². The Labute approximate surface area is 81.8 Å². The van der Waals surface area contributed by atoms with E-state index in [0.29, 0.717) is 0 Å². The Morgan fingerprint density at radius 2 is 2.31 bits per heavy atom. The highest BCUT2D eigenvalue weighted by Crippen LogP contribution is 2.16. The van der Waals surface area contributed by atoms with Crippen molar-refractivity contribution in [3.63, 3.8) is 0 Å². The van der Waals surface area contributed by atoms with E-state index in [9.17, 15) is 0 Å². The van der Waals surface area contributed by atoms with Crippen LogP contribution in [-0.2, 0) is 6.54 Å². The van der Waals surface area contributed by atoms with Crippen molar-refractivity contribution in [3.05, 3.63) is 11.2 Å². The van der Waals surface area contributed by atoms with Crippen molar-refractivity contribution in [2.24, 2.45) is 0 Å². The van der Waals surface area contributed by atoms with E-state index in [1.165, 1.54) is 0 Å². The van der Waals surface area contributed by atoms with Crippen LogP contribution in [-0.4, -0.2) is 36.1 Å². The number of nitrogens with two attached hydrogens (primary N) is 1. The van der Waals surface area contributed by atoms with Crippen molar-refractivity contribution in [2.45, 2.75) is 6.54 Å². The number of nitrogens with zero attached hydrogens (tertiary/aromatic N) is 2. The Morgan fingerprint density at radius 3 is 2.92 bits per heavy atom. The molecule has 0 amide bonds. The van der Waals surface area contributed by atoms with Gasteiger partial charge in [0, 0.05) is 26.2 Å². The average Bonchev–Trinajstić information content (AvgIpc) is 2.53. The number of hydrogen-bond acceptors (Lipinski definition) is 5. The van der Waals surface area contributed by atoms with Gasteiger partial charge in [0.2, 0.25) is 0 Å². The highest BCUT2D eigenvalue weighted by Gasteiger charge is 2.11. The molecule has 1 aromatic rings. The second-order valence-electron chi connectivity index (χ2n) is 3.18. The molecule has 72 valence electrons. The van der Waals surface area contributed by atoms with Crippen LogP contribution in [0.15, 0.2) is 6.20 Å². The molecule has 0 aliphatic carbocycles. The Bertz CT molecular complexity index is 267. The molecule has 5 heteroatoms. The van der Waals surface area contributed by atoms with Crippen LogP contribution in [0, 0.1) is 0 Å². The van der Waals surface area contributed by atoms with Crippen molar-refractivity contribution in [1.29, 1.82) is 0 Å². The Hall–Kier alpha value is -0.650. The van der Waals surface area contributed by atoms with E-state index in [-0.39, 0.29) is 0 Å². The number of hydrogen-bond donors (Lipinski definition) is 2. The zero-order valence-electron chi connectivity index (χ0n) is 7.49. The van der Waals surface area contributed by atoms with Crippen molar-refractivity contribution < 1.29 is 0 Å². The summed E-state index contributed by atoms with van der Waals surface area (Å²) < 4.78 is 0. The highest BCUT2D eigenvalue weighted by atomic mass is 32.1. The molecule has 1 saturated heterocycles. The summed E-state index contributed by atoms with van der Waals surface area (Å²) in [6.45, 7) is 5.34. The Balaban J connectivity index is 1.89. The molecule has 1 aromatic heterocycles. The van der Waals surface area contributed by atoms with Crippen LogP contribution in [0.2, 0.25) is 0 Å². The van der Waals surface area contributed by atoms with Gasteiger partial charge in [-0.05, 0) is 0 Å². The minimum absolute atomic E-state index is 0.810. The Morgan fingerprint density at radius 1 is 1.54 bits per heavy atom. The number of nitrogens with one attached hydrogen (secondary N) is 1. The van der Waals surface area contributed by atoms with Crippen LogP contribution in [0.3, 0.4) is 0 Å². The monoisotopic (exact) mass is 198 g/mol. The van der Waals surface area contributed by atoms with E-state index in [4.69, 9.17) is 5.73 Å². The fourth-order valence-electron chi connectivity index (χ4n) is 1.46. The second-order valence-corrected chi connectivity index (χ2v) is 4.33. The number of anilines is 1. The second kappa shape index (κ2) is 4.04. The molecular formula is C8H14N4S. The van der Waals surface area contributed by atoms with E-state index < -0.39 is 0 Å². The third-order valence-corrected chi connectivity index (χ3v) is 2.95. The molecule has 1 fully saturated rings. The zero-order chi connectivity index (χ0) is 9.10. The molecule has 0 aromatic carbocycles. The normalized spacial score (nSPS) is 19.1. The number of thiazole rings is 1. The topological polar surface area (TPSA) is 54.2 Å². The maximum Gasteiger partial charge on any atom is 0.109 e. The van der Waals surface area contributed by atoms with Gasteiger partial charge in [0.05, 0.1) is 12.7 Å². The standard InChI is InChI=1S/C8H14N4S/c9-7-5-11-8(13-7)6-12-3-1-10-2-4-12/h5,10H,1-4,6,9H2. The Kier molecular flexibility index (Phi) is 2.77. The molecule has 0 spiro atoms. The molecule has 0 radical (unpaired) electrons. The van der Waals surface area contributed by atoms with Crippen molar-refractivity contribution in [1.82, 2.24) is 15.2 Å². The first-order valence-electron chi connectivity index (χ1n) is 4.48. The molecule has 2 rings (SSSR count). The van der Waals surface area contributed by atoms with Gasteiger partial charge in [-0.2, -0.15) is 0 Å². The lowest BCUT2D eigenvalue weighted by atomic mass is 10.4. The predicted octanol–water partition coefficient (Wildman–Crippen LogP) is 0.130. The lowest BCUT2D eigenvalue weighted by molar-refractivity contribution is 0.233. The molecule has 1 aliphatic heterocycles. The molecule has 1 aliphatic rings. The van der Waals surface area contributed by atoms with E-state index in [1.807, 2.05) is 0 Å². The molecule has 0 saturated carbocycles. The number of rotatable bonds is 2. The number of piperazine rings is 1. The van der Waals surface area contributed by atoms with Crippen molar-refractivity contribution in [2.75, 3.05) is 31.9 Å². The summed E-state index contributed by atoms with van der Waals surface area (Å²) >= 11 is 1.59. The van der Waals surface area contributed by atoms with Gasteiger partial charge in [-0.25, -0.2) is 4.98 Å². The molecule has 13 heavy (non-hydrogen) atoms. The van der Waals surface area contributed by atoms with Crippen LogP contribution in [0.25, 0.3) is 0 Å². The first-order chi connectivity index (χ1) is 6.34. The van der Waals surface area contributed by atoms with Gasteiger partial charge >= 0.3 is 0 Å². The molecule has 3 N–H and O–H groups in total. The molecule has 2 heterocycles. The average molecular weight is 198 g/mol. The summed E-state index contributed by atoms with van der Waals surface area (Å²) in [7, 11) is 0. The summed E-state index contributed by atoms with van der Waals surface area (Å²) in [6.07, 6.45) is 1.74. The quantitative estimate of drug-likeness (QED) is 0.709. The first kappa shape index (κ1) is 8.93. The minimum Gasteiger partial charge on any atom is -0.389 e. The third kappa shape index (κ3) is 2.40.